The lowest BCUT2D eigenvalue weighted by molar-refractivity contribution is -0.572. The molecule has 13 rings (SSSR count). The fraction of sp³-hybridized carbons (Fsp3) is 0.189. The summed E-state index contributed by atoms with van der Waals surface area (Å²) in [7, 11) is 0. The van der Waals surface area contributed by atoms with Crippen LogP contribution in [0.3, 0.4) is 0 Å². The Morgan fingerprint density at radius 3 is 1.82 bits per heavy atom. The maximum Gasteiger partial charge on any atom is 0.269 e. The molecule has 0 spiro atoms. The smallest absolute Gasteiger partial charge is 0.269 e. The Morgan fingerprint density at radius 1 is 0.506 bits per heavy atom. The number of rotatable bonds is 6. The highest BCUT2D eigenvalue weighted by atomic mass is 16.5. The van der Waals surface area contributed by atoms with Gasteiger partial charge in [0.25, 0.3) is 6.33 Å². The molecule has 1 aliphatic heterocycles. The number of ether oxygens (including phenoxy) is 1. The average Bonchev–Trinajstić information content (AvgIpc) is 1.62. The van der Waals surface area contributed by atoms with Gasteiger partial charge in [-0.25, -0.2) is 4.98 Å². The first-order valence-electron chi connectivity index (χ1n) is 33.6. The molecule has 388 valence electrons. The molecule has 4 heterocycles. The van der Waals surface area contributed by atoms with E-state index in [9.17, 15) is 11.0 Å². The topological polar surface area (TPSA) is 35.9 Å². The summed E-state index contributed by atoms with van der Waals surface area (Å²) >= 11 is 0. The van der Waals surface area contributed by atoms with Crippen LogP contribution < -0.4 is 9.30 Å². The SMILES string of the molecule is [2H]c1c([2H])c([2H])c2c(c1[2H])-c1cc(-c3c(C([2H])([2H])[2H])cccc3C([2H])([2H])[2H])cc(C(C)(C)C)c1-[n+]1[c-]n(-c3cccc(Oc4ccc5c6ccccc6n(-c6cc(C(C)(C)C)ccn6)c5c4)c3)c3cc(-c4ccc(C(C)(C)C)cc4)cc(c31)-c1c([2H])c([2H])c([2H])c([2H])c1-2. The summed E-state index contributed by atoms with van der Waals surface area (Å²) in [5, 5.41) is 2.05. The van der Waals surface area contributed by atoms with Crippen molar-refractivity contribution in [3.8, 4) is 84.3 Å². The Morgan fingerprint density at radius 2 is 1.14 bits per heavy atom. The highest BCUT2D eigenvalue weighted by molar-refractivity contribution is 6.09. The minimum Gasteiger partial charge on any atom is -0.458 e. The van der Waals surface area contributed by atoms with Gasteiger partial charge in [0.2, 0.25) is 0 Å². The summed E-state index contributed by atoms with van der Waals surface area (Å²) in [5.41, 5.74) is 5.43. The zero-order chi connectivity index (χ0) is 66.7. The molecule has 5 nitrogen and oxygen atoms in total. The first-order chi connectivity index (χ1) is 43.6. The van der Waals surface area contributed by atoms with E-state index in [4.69, 9.17) is 17.9 Å². The van der Waals surface area contributed by atoms with Gasteiger partial charge in [0, 0.05) is 31.3 Å². The summed E-state index contributed by atoms with van der Waals surface area (Å²) in [4.78, 5) is 4.89. The molecule has 3 aromatic heterocycles. The number of benzene rings is 9. The zero-order valence-corrected chi connectivity index (χ0v) is 45.6. The molecular formula is C74H66N4O. The van der Waals surface area contributed by atoms with E-state index in [1.807, 2.05) is 129 Å². The molecule has 0 unspecified atom stereocenters. The van der Waals surface area contributed by atoms with Crippen LogP contribution in [0.25, 0.3) is 106 Å². The van der Waals surface area contributed by atoms with Gasteiger partial charge >= 0.3 is 0 Å². The van der Waals surface area contributed by atoms with Gasteiger partial charge in [-0.2, -0.15) is 0 Å². The normalized spacial score (nSPS) is 15.4. The highest BCUT2D eigenvalue weighted by Crippen LogP contribution is 2.48. The number of para-hydroxylation sites is 1. The van der Waals surface area contributed by atoms with Crippen LogP contribution in [-0.4, -0.2) is 14.1 Å². The molecule has 0 atom stereocenters. The van der Waals surface area contributed by atoms with Crippen molar-refractivity contribution in [2.75, 3.05) is 0 Å². The number of hydrogen-bond acceptors (Lipinski definition) is 2. The van der Waals surface area contributed by atoms with Crippen molar-refractivity contribution >= 4 is 32.8 Å². The van der Waals surface area contributed by atoms with Crippen LogP contribution >= 0.6 is 0 Å². The summed E-state index contributed by atoms with van der Waals surface area (Å²) in [6, 6.07) is 40.4. The third kappa shape index (κ3) is 8.55. The predicted molar refractivity (Wildman–Crippen MR) is 329 cm³/mol. The van der Waals surface area contributed by atoms with Crippen molar-refractivity contribution in [3.63, 3.8) is 0 Å². The third-order valence-electron chi connectivity index (χ3n) is 15.3. The molecule has 0 saturated carbocycles. The van der Waals surface area contributed by atoms with E-state index in [0.29, 0.717) is 45.0 Å². The van der Waals surface area contributed by atoms with Crippen LogP contribution in [0.15, 0.2) is 200 Å². The molecule has 0 bridgehead atoms. The molecule has 0 aliphatic carbocycles. The monoisotopic (exact) mass is 1040 g/mol. The van der Waals surface area contributed by atoms with Gasteiger partial charge in [0.1, 0.15) is 17.3 Å². The van der Waals surface area contributed by atoms with Gasteiger partial charge in [0.05, 0.1) is 44.4 Å². The van der Waals surface area contributed by atoms with Crippen molar-refractivity contribution in [1.29, 1.82) is 0 Å². The number of imidazole rings is 1. The molecule has 1 aliphatic rings. The molecule has 0 saturated heterocycles. The van der Waals surface area contributed by atoms with Gasteiger partial charge in [-0.05, 0) is 174 Å². The van der Waals surface area contributed by atoms with Gasteiger partial charge in [-0.15, -0.1) is 0 Å². The first-order valence-corrected chi connectivity index (χ1v) is 26.6. The van der Waals surface area contributed by atoms with E-state index in [0.717, 1.165) is 44.3 Å². The summed E-state index contributed by atoms with van der Waals surface area (Å²) < 4.78 is 143. The van der Waals surface area contributed by atoms with Crippen LogP contribution in [-0.2, 0) is 16.2 Å². The fourth-order valence-corrected chi connectivity index (χ4v) is 11.2. The van der Waals surface area contributed by atoms with Crippen LogP contribution in [0.5, 0.6) is 11.5 Å². The molecule has 0 fully saturated rings. The van der Waals surface area contributed by atoms with Crippen molar-refractivity contribution in [2.45, 2.75) is 92.3 Å². The van der Waals surface area contributed by atoms with E-state index >= 15 is 0 Å². The van der Waals surface area contributed by atoms with Crippen LogP contribution in [0, 0.1) is 20.0 Å². The highest BCUT2D eigenvalue weighted by Gasteiger charge is 2.31. The van der Waals surface area contributed by atoms with Crippen molar-refractivity contribution in [2.24, 2.45) is 0 Å². The maximum atomic E-state index is 10.1. The standard InChI is InChI=1S/C74H66N4O/c1-46-20-18-21-47(2)69(46)50-39-62-58-26-14-12-24-56(58)57-25-13-15-27-59(57)63-38-49(48-30-32-51(33-31-48)72(3,4)5)41-67-71(63)77(70(62)64(40-50)74(9,10)11)45-76(67)53-22-19-23-54(43-53)79-55-34-35-61-60-28-16-17-29-65(60)78(66(61)44-55)68-42-52(36-37-75-68)73(6,7)8/h12-44H,1-11H3/i1D3,2D3,12D,13D,14D,15D,24D,25D,26D,27D. The Bertz CT molecular complexity index is 5100. The number of aryl methyl sites for hydroxylation is 2. The van der Waals surface area contributed by atoms with E-state index in [2.05, 4.69) is 70.6 Å². The molecule has 9 aromatic carbocycles. The van der Waals surface area contributed by atoms with E-state index in [1.54, 1.807) is 16.7 Å². The number of nitrogens with zero attached hydrogens (tertiary/aromatic N) is 4. The molecule has 12 aromatic rings. The average molecular weight is 1040 g/mol. The lowest BCUT2D eigenvalue weighted by Gasteiger charge is -2.28. The maximum absolute atomic E-state index is 10.1. The predicted octanol–water partition coefficient (Wildman–Crippen LogP) is 19.1. The summed E-state index contributed by atoms with van der Waals surface area (Å²) in [6.45, 7) is 13.0. The molecule has 79 heavy (non-hydrogen) atoms. The second kappa shape index (κ2) is 18.4. The lowest BCUT2D eigenvalue weighted by atomic mass is 9.79. The zero-order valence-electron chi connectivity index (χ0n) is 59.6. The second-order valence-electron chi connectivity index (χ2n) is 23.7. The molecule has 0 radical (unpaired) electrons. The van der Waals surface area contributed by atoms with Crippen molar-refractivity contribution in [3.05, 3.63) is 234 Å². The van der Waals surface area contributed by atoms with E-state index < -0.39 is 67.5 Å². The van der Waals surface area contributed by atoms with Crippen molar-refractivity contribution < 1.29 is 28.5 Å². The van der Waals surface area contributed by atoms with Crippen LogP contribution in [0.2, 0.25) is 0 Å². The summed E-state index contributed by atoms with van der Waals surface area (Å²) in [6.07, 6.45) is 5.55. The third-order valence-corrected chi connectivity index (χ3v) is 15.3. The Hall–Kier alpha value is -8.80. The number of pyridine rings is 1. The van der Waals surface area contributed by atoms with Gasteiger partial charge < -0.3 is 4.74 Å². The van der Waals surface area contributed by atoms with Gasteiger partial charge in [-0.3, -0.25) is 13.7 Å². The Labute approximate surface area is 484 Å². The minimum atomic E-state index is -2.85. The van der Waals surface area contributed by atoms with Gasteiger partial charge in [0.15, 0.2) is 0 Å². The van der Waals surface area contributed by atoms with E-state index in [-0.39, 0.29) is 66.5 Å². The van der Waals surface area contributed by atoms with Crippen LogP contribution in [0.1, 0.15) is 109 Å². The molecule has 0 amide bonds. The minimum absolute atomic E-state index is 0.0571. The number of hydrogen-bond donors (Lipinski definition) is 0. The molecular weight excluding hydrogens is 961 g/mol. The van der Waals surface area contributed by atoms with Crippen molar-refractivity contribution in [1.82, 2.24) is 14.1 Å². The van der Waals surface area contributed by atoms with Gasteiger partial charge in [-0.1, -0.05) is 190 Å². The summed E-state index contributed by atoms with van der Waals surface area (Å²) in [5.74, 6) is 1.74. The second-order valence-corrected chi connectivity index (χ2v) is 23.7. The quantitative estimate of drug-likeness (QED) is 0.123. The molecule has 5 heteroatoms. The van der Waals surface area contributed by atoms with Crippen LogP contribution in [0.4, 0.5) is 0 Å². The number of fused-ring (bicyclic) bond motifs is 10. The number of aromatic nitrogens is 4. The lowest BCUT2D eigenvalue weighted by Crippen LogP contribution is -2.35. The van der Waals surface area contributed by atoms with E-state index in [1.165, 1.54) is 18.2 Å². The Kier molecular flexibility index (Phi) is 8.47. The Balaban J connectivity index is 1.16. The fourth-order valence-electron chi connectivity index (χ4n) is 11.2. The largest absolute Gasteiger partial charge is 0.458 e. The molecule has 0 N–H and O–H groups in total. The first kappa shape index (κ1) is 36.3.